The lowest BCUT2D eigenvalue weighted by molar-refractivity contribution is -0.137. The molecule has 0 atom stereocenters. The lowest BCUT2D eigenvalue weighted by Crippen LogP contribution is -2.23. The molecule has 1 aromatic carbocycles. The van der Waals surface area contributed by atoms with Crippen LogP contribution >= 0.6 is 0 Å². The Morgan fingerprint density at radius 2 is 2.10 bits per heavy atom. The van der Waals surface area contributed by atoms with Crippen molar-refractivity contribution >= 4 is 28.5 Å². The molecule has 1 amide bonds. The highest BCUT2D eigenvalue weighted by Crippen LogP contribution is 2.49. The van der Waals surface area contributed by atoms with Crippen LogP contribution in [-0.2, 0) is 16.1 Å². The van der Waals surface area contributed by atoms with Gasteiger partial charge < -0.3 is 15.0 Å². The van der Waals surface area contributed by atoms with Gasteiger partial charge in [0.2, 0.25) is 5.91 Å². The second-order valence-electron chi connectivity index (χ2n) is 5.70. The molecule has 1 aliphatic rings. The first-order valence-electron chi connectivity index (χ1n) is 7.16. The summed E-state index contributed by atoms with van der Waals surface area (Å²) in [6.45, 7) is 1.98. The van der Waals surface area contributed by atoms with Crippen LogP contribution in [0.1, 0.15) is 26.2 Å². The summed E-state index contributed by atoms with van der Waals surface area (Å²) in [5.74, 6) is -0.780. The molecule has 1 fully saturated rings. The summed E-state index contributed by atoms with van der Waals surface area (Å²) in [6, 6.07) is 7.42. The standard InChI is InChI=1S/C16H18N2O3/c1-2-16(6-7-16)15(21)17-12-3-4-13-11(9-12)5-8-18(13)10-14(19)20/h3-5,8-9H,2,6-7,10H2,1H3,(H,17,21)(H,19,20). The van der Waals surface area contributed by atoms with Gasteiger partial charge in [-0.25, -0.2) is 0 Å². The van der Waals surface area contributed by atoms with Crippen LogP contribution in [0.5, 0.6) is 0 Å². The molecule has 2 N–H and O–H groups in total. The van der Waals surface area contributed by atoms with Crippen molar-refractivity contribution in [3.8, 4) is 0 Å². The molecule has 1 saturated carbocycles. The van der Waals surface area contributed by atoms with Gasteiger partial charge in [0.25, 0.3) is 0 Å². The molecule has 0 bridgehead atoms. The summed E-state index contributed by atoms with van der Waals surface area (Å²) >= 11 is 0. The number of carboxylic acids is 1. The molecule has 0 spiro atoms. The fourth-order valence-electron chi connectivity index (χ4n) is 2.72. The van der Waals surface area contributed by atoms with E-state index in [1.165, 1.54) is 0 Å². The molecule has 21 heavy (non-hydrogen) atoms. The van der Waals surface area contributed by atoms with Crippen LogP contribution in [-0.4, -0.2) is 21.6 Å². The van der Waals surface area contributed by atoms with Gasteiger partial charge in [-0.3, -0.25) is 9.59 Å². The minimum atomic E-state index is -0.872. The van der Waals surface area contributed by atoms with Crippen LogP contribution in [0.15, 0.2) is 30.5 Å². The maximum Gasteiger partial charge on any atom is 0.323 e. The van der Waals surface area contributed by atoms with Gasteiger partial charge in [-0.15, -0.1) is 0 Å². The van der Waals surface area contributed by atoms with Crippen LogP contribution in [0.25, 0.3) is 10.9 Å². The normalized spacial score (nSPS) is 15.9. The monoisotopic (exact) mass is 286 g/mol. The molecule has 2 aromatic rings. The van der Waals surface area contributed by atoms with E-state index in [-0.39, 0.29) is 17.9 Å². The number of hydrogen-bond acceptors (Lipinski definition) is 2. The van der Waals surface area contributed by atoms with E-state index in [2.05, 4.69) is 5.32 Å². The first kappa shape index (κ1) is 13.7. The van der Waals surface area contributed by atoms with Gasteiger partial charge in [0.15, 0.2) is 0 Å². The maximum absolute atomic E-state index is 12.2. The Morgan fingerprint density at radius 1 is 1.33 bits per heavy atom. The van der Waals surface area contributed by atoms with Crippen LogP contribution in [0, 0.1) is 5.41 Å². The van der Waals surface area contributed by atoms with Gasteiger partial charge in [0.05, 0.1) is 0 Å². The molecule has 3 rings (SSSR count). The van der Waals surface area contributed by atoms with Crippen molar-refractivity contribution in [2.24, 2.45) is 5.41 Å². The zero-order chi connectivity index (χ0) is 15.0. The average molecular weight is 286 g/mol. The number of carboxylic acid groups (broad SMARTS) is 1. The Morgan fingerprint density at radius 3 is 2.71 bits per heavy atom. The van der Waals surface area contributed by atoms with Gasteiger partial charge in [-0.2, -0.15) is 0 Å². The molecule has 1 aliphatic carbocycles. The molecule has 0 unspecified atom stereocenters. The highest BCUT2D eigenvalue weighted by Gasteiger charge is 2.47. The Balaban J connectivity index is 1.82. The van der Waals surface area contributed by atoms with E-state index in [4.69, 9.17) is 5.11 Å². The third-order valence-corrected chi connectivity index (χ3v) is 4.35. The summed E-state index contributed by atoms with van der Waals surface area (Å²) < 4.78 is 1.68. The predicted molar refractivity (Wildman–Crippen MR) is 80.2 cm³/mol. The number of hydrogen-bond donors (Lipinski definition) is 2. The van der Waals surface area contributed by atoms with Crippen molar-refractivity contribution in [3.05, 3.63) is 30.5 Å². The van der Waals surface area contributed by atoms with Crippen molar-refractivity contribution in [1.82, 2.24) is 4.57 Å². The zero-order valence-electron chi connectivity index (χ0n) is 11.9. The van der Waals surface area contributed by atoms with E-state index >= 15 is 0 Å². The van der Waals surface area contributed by atoms with E-state index in [1.807, 2.05) is 31.2 Å². The van der Waals surface area contributed by atoms with Gasteiger partial charge in [0.1, 0.15) is 6.54 Å². The van der Waals surface area contributed by atoms with Crippen molar-refractivity contribution in [3.63, 3.8) is 0 Å². The first-order valence-corrected chi connectivity index (χ1v) is 7.16. The largest absolute Gasteiger partial charge is 0.480 e. The molecule has 1 heterocycles. The third kappa shape index (κ3) is 2.51. The molecular weight excluding hydrogens is 268 g/mol. The fourth-order valence-corrected chi connectivity index (χ4v) is 2.72. The molecule has 1 aromatic heterocycles. The molecule has 0 aliphatic heterocycles. The number of nitrogens with zero attached hydrogens (tertiary/aromatic N) is 1. The van der Waals surface area contributed by atoms with Gasteiger partial charge in [0, 0.05) is 28.2 Å². The molecule has 0 saturated heterocycles. The summed E-state index contributed by atoms with van der Waals surface area (Å²) in [6.07, 6.45) is 4.55. The van der Waals surface area contributed by atoms with Crippen molar-refractivity contribution in [1.29, 1.82) is 0 Å². The number of rotatable bonds is 5. The minimum Gasteiger partial charge on any atom is -0.480 e. The van der Waals surface area contributed by atoms with Crippen molar-refractivity contribution < 1.29 is 14.7 Å². The Labute approximate surface area is 122 Å². The van der Waals surface area contributed by atoms with E-state index < -0.39 is 5.97 Å². The summed E-state index contributed by atoms with van der Waals surface area (Å²) in [7, 11) is 0. The number of amides is 1. The number of aromatic nitrogens is 1. The number of carbonyl (C=O) groups is 2. The molecule has 110 valence electrons. The molecule has 5 nitrogen and oxygen atoms in total. The van der Waals surface area contributed by atoms with Crippen molar-refractivity contribution in [2.45, 2.75) is 32.7 Å². The van der Waals surface area contributed by atoms with Gasteiger partial charge in [-0.1, -0.05) is 6.92 Å². The number of nitrogens with one attached hydrogen (secondary N) is 1. The highest BCUT2D eigenvalue weighted by atomic mass is 16.4. The second-order valence-corrected chi connectivity index (χ2v) is 5.70. The first-order chi connectivity index (χ1) is 10.0. The number of fused-ring (bicyclic) bond motifs is 1. The average Bonchev–Trinajstić information content (AvgIpc) is 3.17. The molecular formula is C16H18N2O3. The Bertz CT molecular complexity index is 713. The van der Waals surface area contributed by atoms with Crippen LogP contribution in [0.2, 0.25) is 0 Å². The molecule has 0 radical (unpaired) electrons. The van der Waals surface area contributed by atoms with E-state index in [1.54, 1.807) is 10.8 Å². The number of benzene rings is 1. The van der Waals surface area contributed by atoms with E-state index in [0.29, 0.717) is 0 Å². The Kier molecular flexibility index (Phi) is 3.20. The lowest BCUT2D eigenvalue weighted by atomic mass is 10.0. The van der Waals surface area contributed by atoms with Gasteiger partial charge in [-0.05, 0) is 43.5 Å². The number of carbonyl (C=O) groups excluding carboxylic acids is 1. The molecule has 5 heteroatoms. The predicted octanol–water partition coefficient (Wildman–Crippen LogP) is 2.85. The van der Waals surface area contributed by atoms with Crippen LogP contribution < -0.4 is 5.32 Å². The van der Waals surface area contributed by atoms with Crippen molar-refractivity contribution in [2.75, 3.05) is 5.32 Å². The third-order valence-electron chi connectivity index (χ3n) is 4.35. The van der Waals surface area contributed by atoms with Gasteiger partial charge >= 0.3 is 5.97 Å². The Hall–Kier alpha value is -2.30. The summed E-state index contributed by atoms with van der Waals surface area (Å²) in [5.41, 5.74) is 1.46. The maximum atomic E-state index is 12.2. The zero-order valence-corrected chi connectivity index (χ0v) is 11.9. The van der Waals surface area contributed by atoms with Crippen LogP contribution in [0.4, 0.5) is 5.69 Å². The summed E-state index contributed by atoms with van der Waals surface area (Å²) in [4.78, 5) is 23.0. The topological polar surface area (TPSA) is 71.3 Å². The quantitative estimate of drug-likeness (QED) is 0.887. The number of aliphatic carboxylic acids is 1. The smallest absolute Gasteiger partial charge is 0.323 e. The second kappa shape index (κ2) is 4.91. The van der Waals surface area contributed by atoms with Crippen LogP contribution in [0.3, 0.4) is 0 Å². The highest BCUT2D eigenvalue weighted by molar-refractivity contribution is 5.98. The minimum absolute atomic E-state index is 0.0614. The number of anilines is 1. The SMILES string of the molecule is CCC1(C(=O)Nc2ccc3c(ccn3CC(=O)O)c2)CC1. The summed E-state index contributed by atoms with van der Waals surface area (Å²) in [5, 5.41) is 12.8. The fraction of sp³-hybridized carbons (Fsp3) is 0.375. The van der Waals surface area contributed by atoms with E-state index in [9.17, 15) is 9.59 Å². The van der Waals surface area contributed by atoms with E-state index in [0.717, 1.165) is 35.9 Å². The lowest BCUT2D eigenvalue weighted by Gasteiger charge is -2.13.